The Balaban J connectivity index is 0.000000381. The first kappa shape index (κ1) is 22.0. The zero-order valence-corrected chi connectivity index (χ0v) is 16.1. The zero-order valence-electron chi connectivity index (χ0n) is 13.8. The van der Waals surface area contributed by atoms with Crippen molar-refractivity contribution in [3.8, 4) is 0 Å². The first-order chi connectivity index (χ1) is 11.6. The van der Waals surface area contributed by atoms with Crippen LogP contribution in [0.5, 0.6) is 0 Å². The van der Waals surface area contributed by atoms with Crippen molar-refractivity contribution < 1.29 is 29.5 Å². The third-order valence-electron chi connectivity index (χ3n) is 3.42. The molecule has 1 fully saturated rings. The number of carbonyl (C=O) groups excluding carboxylic acids is 2. The lowest BCUT2D eigenvalue weighted by atomic mass is 10.1. The van der Waals surface area contributed by atoms with Crippen molar-refractivity contribution in [2.75, 3.05) is 6.61 Å². The fraction of sp³-hybridized carbons (Fsp3) is 0.500. The number of alkyl halides is 3. The Kier molecular flexibility index (Phi) is 8.96. The third kappa shape index (κ3) is 7.79. The normalized spacial score (nSPS) is 21.1. The molecule has 9 heteroatoms. The van der Waals surface area contributed by atoms with Gasteiger partial charge in [-0.2, -0.15) is 0 Å². The Morgan fingerprint density at radius 2 is 1.96 bits per heavy atom. The predicted octanol–water partition coefficient (Wildman–Crippen LogP) is 1.10. The Bertz CT molecular complexity index is 565. The van der Waals surface area contributed by atoms with Crippen molar-refractivity contribution in [2.24, 2.45) is 0 Å². The van der Waals surface area contributed by atoms with Gasteiger partial charge in [-0.25, -0.2) is 0 Å². The lowest BCUT2D eigenvalue weighted by Crippen LogP contribution is -2.92. The van der Waals surface area contributed by atoms with E-state index in [1.54, 1.807) is 0 Å². The highest BCUT2D eigenvalue weighted by Gasteiger charge is 2.39. The molecule has 140 valence electrons. The topological polar surface area (TPSA) is 92.3 Å². The Morgan fingerprint density at radius 1 is 1.40 bits per heavy atom. The molecule has 25 heavy (non-hydrogen) atoms. The van der Waals surface area contributed by atoms with Gasteiger partial charge < -0.3 is 24.7 Å². The smallest absolute Gasteiger partial charge is 0.314 e. The van der Waals surface area contributed by atoms with E-state index in [1.807, 2.05) is 25.1 Å². The highest BCUT2D eigenvalue weighted by molar-refractivity contribution is 6.75. The quantitative estimate of drug-likeness (QED) is 0.577. The van der Waals surface area contributed by atoms with Crippen LogP contribution < -0.4 is 10.4 Å². The lowest BCUT2D eigenvalue weighted by Gasteiger charge is -2.19. The van der Waals surface area contributed by atoms with Gasteiger partial charge in [0.1, 0.15) is 12.5 Å². The van der Waals surface area contributed by atoms with E-state index in [1.165, 1.54) is 5.56 Å². The molecule has 0 saturated carbocycles. The molecule has 0 aliphatic carbocycles. The standard InChI is InChI=1S/C14H19NO3.C2HCl3O2/c1-3-17-14-12(9-13(16)18-14)15-10(2)11-7-5-4-6-8-11;3-2(4,5)1(6)7/h4-8,10,12,14-15H,3,9H2,1-2H3;(H,6,7)/t10-,12+,14+;/m1./s1. The van der Waals surface area contributed by atoms with Gasteiger partial charge in [-0.3, -0.25) is 4.79 Å². The van der Waals surface area contributed by atoms with Gasteiger partial charge in [-0.1, -0.05) is 65.1 Å². The van der Waals surface area contributed by atoms with Crippen LogP contribution in [0.1, 0.15) is 31.9 Å². The monoisotopic (exact) mass is 411 g/mol. The van der Waals surface area contributed by atoms with Crippen molar-refractivity contribution in [1.82, 2.24) is 0 Å². The minimum Gasteiger partial charge on any atom is -0.545 e. The van der Waals surface area contributed by atoms with E-state index >= 15 is 0 Å². The Morgan fingerprint density at radius 3 is 2.44 bits per heavy atom. The summed E-state index contributed by atoms with van der Waals surface area (Å²) in [5, 5.41) is 11.7. The molecule has 2 rings (SSSR count). The number of carboxylic acid groups (broad SMARTS) is 1. The van der Waals surface area contributed by atoms with E-state index < -0.39 is 16.1 Å². The summed E-state index contributed by atoms with van der Waals surface area (Å²) in [6, 6.07) is 10.6. The SMILES string of the molecule is CCO[C@H]1OC(=O)C[C@@H]1[NH2+][C@H](C)c1ccccc1.O=C([O-])C(Cl)(Cl)Cl. The molecule has 1 saturated heterocycles. The molecule has 0 spiro atoms. The molecule has 6 nitrogen and oxygen atoms in total. The fourth-order valence-electron chi connectivity index (χ4n) is 2.27. The fourth-order valence-corrected chi connectivity index (χ4v) is 2.27. The second-order valence-corrected chi connectivity index (χ2v) is 7.64. The van der Waals surface area contributed by atoms with E-state index in [9.17, 15) is 14.7 Å². The average Bonchev–Trinajstić information content (AvgIpc) is 2.87. The zero-order chi connectivity index (χ0) is 19.0. The number of benzene rings is 1. The lowest BCUT2D eigenvalue weighted by molar-refractivity contribution is -0.732. The van der Waals surface area contributed by atoms with Crippen LogP contribution in [0.3, 0.4) is 0 Å². The number of halogens is 3. The van der Waals surface area contributed by atoms with Gasteiger partial charge in [0, 0.05) is 12.2 Å². The van der Waals surface area contributed by atoms with Gasteiger partial charge in [0.15, 0.2) is 6.04 Å². The first-order valence-electron chi connectivity index (χ1n) is 7.64. The molecule has 1 heterocycles. The molecule has 1 aromatic rings. The second kappa shape index (κ2) is 10.2. The number of carboxylic acids is 1. The second-order valence-electron chi connectivity index (χ2n) is 5.36. The van der Waals surface area contributed by atoms with E-state index in [2.05, 4.69) is 24.4 Å². The van der Waals surface area contributed by atoms with Crippen LogP contribution in [0.15, 0.2) is 30.3 Å². The van der Waals surface area contributed by atoms with Crippen molar-refractivity contribution >= 4 is 46.7 Å². The number of aliphatic carboxylic acids is 1. The van der Waals surface area contributed by atoms with Crippen molar-refractivity contribution in [3.63, 3.8) is 0 Å². The number of carbonyl (C=O) groups is 2. The highest BCUT2D eigenvalue weighted by Crippen LogP contribution is 2.24. The van der Waals surface area contributed by atoms with Crippen LogP contribution >= 0.6 is 34.8 Å². The number of hydrogen-bond acceptors (Lipinski definition) is 5. The van der Waals surface area contributed by atoms with Crippen molar-refractivity contribution in [3.05, 3.63) is 35.9 Å². The van der Waals surface area contributed by atoms with E-state index in [0.717, 1.165) is 0 Å². The number of rotatable bonds is 5. The molecule has 0 aromatic heterocycles. The number of ether oxygens (including phenoxy) is 2. The summed E-state index contributed by atoms with van der Waals surface area (Å²) < 4.78 is 8.33. The van der Waals surface area contributed by atoms with Crippen molar-refractivity contribution in [2.45, 2.75) is 42.4 Å². The molecule has 1 aliphatic heterocycles. The van der Waals surface area contributed by atoms with Crippen molar-refractivity contribution in [1.29, 1.82) is 0 Å². The number of hydrogen-bond donors (Lipinski definition) is 1. The third-order valence-corrected chi connectivity index (χ3v) is 3.89. The summed E-state index contributed by atoms with van der Waals surface area (Å²) in [4.78, 5) is 20.8. The summed E-state index contributed by atoms with van der Waals surface area (Å²) in [7, 11) is 0. The van der Waals surface area contributed by atoms with Crippen LogP contribution in [-0.4, -0.2) is 34.7 Å². The summed E-state index contributed by atoms with van der Waals surface area (Å²) >= 11 is 14.2. The molecule has 0 radical (unpaired) electrons. The molecular formula is C16H20Cl3NO5. The van der Waals surface area contributed by atoms with Crippen LogP contribution in [0.4, 0.5) is 0 Å². The number of cyclic esters (lactones) is 1. The summed E-state index contributed by atoms with van der Waals surface area (Å²) in [5.41, 5.74) is 1.24. The minimum absolute atomic E-state index is 0.0488. The maximum Gasteiger partial charge on any atom is 0.314 e. The molecule has 1 aromatic carbocycles. The molecular weight excluding hydrogens is 393 g/mol. The number of nitrogens with two attached hydrogens (primary N) is 1. The van der Waals surface area contributed by atoms with E-state index in [4.69, 9.17) is 44.3 Å². The molecule has 0 amide bonds. The van der Waals surface area contributed by atoms with E-state index in [0.29, 0.717) is 13.0 Å². The van der Waals surface area contributed by atoms with Gasteiger partial charge in [-0.05, 0) is 13.8 Å². The van der Waals surface area contributed by atoms with Gasteiger partial charge in [0.2, 0.25) is 3.79 Å². The first-order valence-corrected chi connectivity index (χ1v) is 8.77. The van der Waals surface area contributed by atoms with Crippen LogP contribution in [0.2, 0.25) is 0 Å². The summed E-state index contributed by atoms with van der Waals surface area (Å²) in [6.45, 7) is 4.59. The molecule has 1 aliphatic rings. The number of quaternary nitrogens is 1. The minimum atomic E-state index is -2.28. The maximum atomic E-state index is 11.3. The van der Waals surface area contributed by atoms with Gasteiger partial charge in [-0.15, -0.1) is 0 Å². The van der Waals surface area contributed by atoms with Gasteiger partial charge >= 0.3 is 5.97 Å². The van der Waals surface area contributed by atoms with Gasteiger partial charge in [0.05, 0.1) is 5.97 Å². The Labute approximate surface area is 161 Å². The summed E-state index contributed by atoms with van der Waals surface area (Å²) in [5.74, 6) is -1.88. The largest absolute Gasteiger partial charge is 0.545 e. The van der Waals surface area contributed by atoms with Crippen LogP contribution in [-0.2, 0) is 19.1 Å². The number of esters is 1. The molecule has 3 atom stereocenters. The maximum absolute atomic E-state index is 11.3. The highest BCUT2D eigenvalue weighted by atomic mass is 35.6. The Hall–Kier alpha value is -1.05. The predicted molar refractivity (Wildman–Crippen MR) is 92.0 cm³/mol. The average molecular weight is 413 g/mol. The van der Waals surface area contributed by atoms with Crippen LogP contribution in [0, 0.1) is 0 Å². The molecule has 0 bridgehead atoms. The molecule has 2 N–H and O–H groups in total. The van der Waals surface area contributed by atoms with E-state index in [-0.39, 0.29) is 18.1 Å². The summed E-state index contributed by atoms with van der Waals surface area (Å²) in [6.07, 6.45) is 0.00985. The molecule has 0 unspecified atom stereocenters. The van der Waals surface area contributed by atoms with Gasteiger partial charge in [0.25, 0.3) is 6.29 Å². The van der Waals surface area contributed by atoms with Crippen LogP contribution in [0.25, 0.3) is 0 Å².